The van der Waals surface area contributed by atoms with Gasteiger partial charge in [0.25, 0.3) is 15.9 Å². The van der Waals surface area contributed by atoms with Crippen molar-refractivity contribution in [3.05, 3.63) is 83.4 Å². The Bertz CT molecular complexity index is 1490. The first kappa shape index (κ1) is 29.4. The largest absolute Gasteiger partial charge is 0.449 e. The van der Waals surface area contributed by atoms with Gasteiger partial charge in [0.15, 0.2) is 6.10 Å². The Morgan fingerprint density at radius 2 is 1.46 bits per heavy atom. The van der Waals surface area contributed by atoms with Gasteiger partial charge in [0.05, 0.1) is 16.1 Å². The molecule has 0 spiro atoms. The van der Waals surface area contributed by atoms with Crippen LogP contribution in [0.4, 0.5) is 17.1 Å². The minimum absolute atomic E-state index is 0.0317. The van der Waals surface area contributed by atoms with E-state index in [1.165, 1.54) is 26.0 Å². The van der Waals surface area contributed by atoms with Crippen LogP contribution in [0.2, 0.25) is 0 Å². The topological polar surface area (TPSA) is 131 Å². The zero-order valence-electron chi connectivity index (χ0n) is 22.8. The maximum atomic E-state index is 13.3. The van der Waals surface area contributed by atoms with Crippen molar-refractivity contribution in [3.63, 3.8) is 0 Å². The summed E-state index contributed by atoms with van der Waals surface area (Å²) >= 11 is 0. The molecule has 39 heavy (non-hydrogen) atoms. The minimum Gasteiger partial charge on any atom is -0.449 e. The fourth-order valence-corrected chi connectivity index (χ4v) is 5.02. The van der Waals surface area contributed by atoms with Gasteiger partial charge in [-0.2, -0.15) is 0 Å². The molecule has 3 N–H and O–H groups in total. The third-order valence-electron chi connectivity index (χ3n) is 5.86. The molecule has 3 aromatic rings. The maximum Gasteiger partial charge on any atom is 0.341 e. The lowest BCUT2D eigenvalue weighted by Gasteiger charge is -2.21. The van der Waals surface area contributed by atoms with E-state index in [-0.39, 0.29) is 27.5 Å². The van der Waals surface area contributed by atoms with Crippen molar-refractivity contribution in [2.75, 3.05) is 15.4 Å². The number of carbonyl (C=O) groups is 3. The number of sulfonamides is 1. The van der Waals surface area contributed by atoms with Gasteiger partial charge in [0.1, 0.15) is 0 Å². The molecule has 0 aromatic heterocycles. The smallest absolute Gasteiger partial charge is 0.341 e. The molecule has 3 rings (SSSR count). The van der Waals surface area contributed by atoms with Gasteiger partial charge in [-0.15, -0.1) is 0 Å². The van der Waals surface area contributed by atoms with Crippen LogP contribution in [-0.2, 0) is 29.8 Å². The molecule has 3 aromatic carbocycles. The Morgan fingerprint density at radius 3 is 2.05 bits per heavy atom. The highest BCUT2D eigenvalue weighted by molar-refractivity contribution is 7.92. The molecular weight excluding hydrogens is 518 g/mol. The number of hydrogen-bond donors (Lipinski definition) is 3. The molecule has 0 bridgehead atoms. The van der Waals surface area contributed by atoms with Gasteiger partial charge in [-0.1, -0.05) is 45.0 Å². The summed E-state index contributed by atoms with van der Waals surface area (Å²) in [5.41, 5.74) is 2.16. The van der Waals surface area contributed by atoms with Crippen molar-refractivity contribution >= 4 is 44.9 Å². The van der Waals surface area contributed by atoms with Gasteiger partial charge in [-0.05, 0) is 72.9 Å². The molecule has 206 valence electrons. The van der Waals surface area contributed by atoms with Crippen LogP contribution in [0.5, 0.6) is 0 Å². The molecule has 0 unspecified atom stereocenters. The number of aryl methyl sites for hydroxylation is 1. The first-order valence-corrected chi connectivity index (χ1v) is 13.8. The van der Waals surface area contributed by atoms with E-state index in [4.69, 9.17) is 4.74 Å². The Kier molecular flexibility index (Phi) is 8.81. The molecule has 0 radical (unpaired) electrons. The van der Waals surface area contributed by atoms with Gasteiger partial charge in [0.2, 0.25) is 5.91 Å². The summed E-state index contributed by atoms with van der Waals surface area (Å²) in [7, 11) is -4.04. The molecule has 0 fully saturated rings. The lowest BCUT2D eigenvalue weighted by atomic mass is 9.87. The second-order valence-electron chi connectivity index (χ2n) is 10.2. The first-order valence-electron chi connectivity index (χ1n) is 12.3. The van der Waals surface area contributed by atoms with Crippen LogP contribution in [0, 0.1) is 6.92 Å². The number of rotatable bonds is 8. The van der Waals surface area contributed by atoms with Crippen molar-refractivity contribution in [1.29, 1.82) is 0 Å². The summed E-state index contributed by atoms with van der Waals surface area (Å²) < 4.78 is 34.5. The van der Waals surface area contributed by atoms with Crippen molar-refractivity contribution < 1.29 is 27.5 Å². The van der Waals surface area contributed by atoms with Gasteiger partial charge < -0.3 is 15.4 Å². The Labute approximate surface area is 229 Å². The van der Waals surface area contributed by atoms with Crippen LogP contribution < -0.4 is 15.4 Å². The van der Waals surface area contributed by atoms with Crippen molar-refractivity contribution in [1.82, 2.24) is 0 Å². The number of ether oxygens (including phenoxy) is 1. The molecule has 0 heterocycles. The van der Waals surface area contributed by atoms with Crippen molar-refractivity contribution in [2.45, 2.75) is 58.0 Å². The van der Waals surface area contributed by atoms with E-state index < -0.39 is 28.0 Å². The third kappa shape index (κ3) is 7.67. The summed E-state index contributed by atoms with van der Waals surface area (Å²) in [6, 6.07) is 17.7. The molecule has 2 amide bonds. The zero-order valence-corrected chi connectivity index (χ0v) is 23.6. The lowest BCUT2D eigenvalue weighted by Crippen LogP contribution is -2.30. The SMILES string of the molecule is CC(=O)Nc1ccc(NC(=O)[C@H](C)OC(=O)c2ccccc2NS(=O)(=O)c2cc(C(C)(C)C)ccc2C)cc1. The predicted octanol–water partition coefficient (Wildman–Crippen LogP) is 5.24. The van der Waals surface area contributed by atoms with E-state index in [1.807, 2.05) is 26.8 Å². The van der Waals surface area contributed by atoms with Gasteiger partial charge >= 0.3 is 5.97 Å². The summed E-state index contributed by atoms with van der Waals surface area (Å²) in [6.07, 6.45) is -1.18. The van der Waals surface area contributed by atoms with E-state index in [0.29, 0.717) is 16.9 Å². The molecule has 0 aliphatic heterocycles. The Hall–Kier alpha value is -4.18. The van der Waals surface area contributed by atoms with E-state index in [1.54, 1.807) is 55.5 Å². The average molecular weight is 552 g/mol. The van der Waals surface area contributed by atoms with E-state index >= 15 is 0 Å². The number of esters is 1. The second-order valence-corrected chi connectivity index (χ2v) is 11.8. The third-order valence-corrected chi connectivity index (χ3v) is 7.37. The Balaban J connectivity index is 1.75. The number of carbonyl (C=O) groups excluding carboxylic acids is 3. The second kappa shape index (κ2) is 11.7. The fraction of sp³-hybridized carbons (Fsp3) is 0.276. The maximum absolute atomic E-state index is 13.3. The lowest BCUT2D eigenvalue weighted by molar-refractivity contribution is -0.123. The van der Waals surface area contributed by atoms with Crippen LogP contribution in [0.3, 0.4) is 0 Å². The molecule has 0 aliphatic carbocycles. The van der Waals surface area contributed by atoms with Crippen LogP contribution in [0.15, 0.2) is 71.6 Å². The zero-order chi connectivity index (χ0) is 29.0. The number of amides is 2. The number of benzene rings is 3. The first-order chi connectivity index (χ1) is 18.2. The highest BCUT2D eigenvalue weighted by Gasteiger charge is 2.25. The quantitative estimate of drug-likeness (QED) is 0.329. The molecule has 1 atom stereocenters. The monoisotopic (exact) mass is 551 g/mol. The van der Waals surface area contributed by atoms with Crippen LogP contribution in [-0.4, -0.2) is 32.3 Å². The molecule has 0 saturated heterocycles. The van der Waals surface area contributed by atoms with E-state index in [0.717, 1.165) is 5.56 Å². The minimum atomic E-state index is -4.04. The van der Waals surface area contributed by atoms with Crippen LogP contribution >= 0.6 is 0 Å². The number of anilines is 3. The summed E-state index contributed by atoms with van der Waals surface area (Å²) in [5, 5.41) is 5.26. The van der Waals surface area contributed by atoms with Crippen molar-refractivity contribution in [3.8, 4) is 0 Å². The highest BCUT2D eigenvalue weighted by Crippen LogP contribution is 2.29. The summed E-state index contributed by atoms with van der Waals surface area (Å²) in [4.78, 5) is 36.9. The van der Waals surface area contributed by atoms with Gasteiger partial charge in [-0.25, -0.2) is 13.2 Å². The van der Waals surface area contributed by atoms with Gasteiger partial charge in [0, 0.05) is 18.3 Å². The standard InChI is InChI=1S/C29H33N3O6S/c1-18-11-12-21(29(4,5)6)17-26(18)39(36,37)32-25-10-8-7-9-24(25)28(35)38-19(2)27(34)31-23-15-13-22(14-16-23)30-20(3)33/h7-17,19,32H,1-6H3,(H,30,33)(H,31,34)/t19-/m0/s1. The molecule has 9 nitrogen and oxygen atoms in total. The normalized spacial score (nSPS) is 12.3. The number of nitrogens with one attached hydrogen (secondary N) is 3. The molecule has 0 saturated carbocycles. The van der Waals surface area contributed by atoms with Crippen molar-refractivity contribution in [2.24, 2.45) is 0 Å². The number of para-hydroxylation sites is 1. The summed E-state index contributed by atoms with van der Waals surface area (Å²) in [6.45, 7) is 10.5. The highest BCUT2D eigenvalue weighted by atomic mass is 32.2. The molecular formula is C29H33N3O6S. The van der Waals surface area contributed by atoms with E-state index in [2.05, 4.69) is 15.4 Å². The van der Waals surface area contributed by atoms with Crippen LogP contribution in [0.25, 0.3) is 0 Å². The molecule has 10 heteroatoms. The van der Waals surface area contributed by atoms with E-state index in [9.17, 15) is 22.8 Å². The Morgan fingerprint density at radius 1 is 0.872 bits per heavy atom. The number of hydrogen-bond acceptors (Lipinski definition) is 6. The van der Waals surface area contributed by atoms with Crippen LogP contribution in [0.1, 0.15) is 56.1 Å². The van der Waals surface area contributed by atoms with Gasteiger partial charge in [-0.3, -0.25) is 14.3 Å². The predicted molar refractivity (Wildman–Crippen MR) is 151 cm³/mol. The molecule has 0 aliphatic rings. The fourth-order valence-electron chi connectivity index (χ4n) is 3.67. The summed E-state index contributed by atoms with van der Waals surface area (Å²) in [5.74, 6) is -1.66. The average Bonchev–Trinajstić information content (AvgIpc) is 2.84.